The molecule has 5 amide bonds. The number of rotatable bonds is 7. The molecule has 1 unspecified atom stereocenters. The molecule has 0 bridgehead atoms. The van der Waals surface area contributed by atoms with Gasteiger partial charge in [-0.25, -0.2) is 0 Å². The number of fused-ring (bicyclic) bond motifs is 1. The largest absolute Gasteiger partial charge is 0.348 e. The van der Waals surface area contributed by atoms with Gasteiger partial charge in [0.1, 0.15) is 11.7 Å². The van der Waals surface area contributed by atoms with Crippen LogP contribution in [0.15, 0.2) is 41.0 Å². The van der Waals surface area contributed by atoms with E-state index in [1.165, 1.54) is 11.1 Å². The second-order valence-electron chi connectivity index (χ2n) is 11.2. The van der Waals surface area contributed by atoms with E-state index in [0.29, 0.717) is 37.9 Å². The van der Waals surface area contributed by atoms with Crippen molar-refractivity contribution in [2.75, 3.05) is 18.4 Å². The molecule has 234 valence electrons. The molecule has 0 saturated carbocycles. The Morgan fingerprint density at radius 1 is 1.02 bits per heavy atom. The monoisotopic (exact) mass is 715 g/mol. The first-order valence-corrected chi connectivity index (χ1v) is 15.9. The lowest BCUT2D eigenvalue weighted by atomic mass is 10.0. The molecule has 3 aliphatic rings. The van der Waals surface area contributed by atoms with Crippen LogP contribution in [0.2, 0.25) is 10.0 Å². The Hall–Kier alpha value is -3.78. The van der Waals surface area contributed by atoms with E-state index in [1.807, 2.05) is 6.07 Å². The zero-order chi connectivity index (χ0) is 31.8. The van der Waals surface area contributed by atoms with Gasteiger partial charge in [0.2, 0.25) is 11.8 Å². The van der Waals surface area contributed by atoms with Gasteiger partial charge in [-0.15, -0.1) is 0 Å². The molecule has 12 nitrogen and oxygen atoms in total. The summed E-state index contributed by atoms with van der Waals surface area (Å²) in [6.07, 6.45) is 3.29. The van der Waals surface area contributed by atoms with E-state index in [9.17, 15) is 24.0 Å². The summed E-state index contributed by atoms with van der Waals surface area (Å²) < 4.78 is 0.838. The Morgan fingerprint density at radius 3 is 2.47 bits per heavy atom. The van der Waals surface area contributed by atoms with Gasteiger partial charge in [-0.3, -0.25) is 39.3 Å². The average molecular weight is 717 g/mol. The summed E-state index contributed by atoms with van der Waals surface area (Å²) in [5.74, 6) is -1.91. The highest BCUT2D eigenvalue weighted by Crippen LogP contribution is 2.35. The van der Waals surface area contributed by atoms with Crippen molar-refractivity contribution < 1.29 is 24.0 Å². The van der Waals surface area contributed by atoms with Crippen molar-refractivity contribution in [3.8, 4) is 0 Å². The standard InChI is InChI=1S/C30H28BrCl2N7O5/c31-25-15(4-5-17-18(25)14-40(30(17)45)22-6-7-23(41)37-27(22)42)13-39-10-8-16(9-11-39)35-29(44)26-21(12-34-38-26)36-28(43)24-19(32)2-1-3-20(24)33/h1-5,12,16,22H,6-11,13-14H2,(H,34,38)(H,35,44)(H,36,43)(H,37,41,42). The number of H-pyrrole nitrogens is 1. The summed E-state index contributed by atoms with van der Waals surface area (Å²) >= 11 is 16.0. The smallest absolute Gasteiger partial charge is 0.271 e. The van der Waals surface area contributed by atoms with Gasteiger partial charge >= 0.3 is 0 Å². The van der Waals surface area contributed by atoms with Crippen molar-refractivity contribution >= 4 is 74.4 Å². The van der Waals surface area contributed by atoms with Gasteiger partial charge in [-0.05, 0) is 48.6 Å². The summed E-state index contributed by atoms with van der Waals surface area (Å²) in [7, 11) is 0. The Morgan fingerprint density at radius 2 is 1.76 bits per heavy atom. The van der Waals surface area contributed by atoms with E-state index < -0.39 is 23.8 Å². The second kappa shape index (κ2) is 12.9. The molecule has 0 aliphatic carbocycles. The molecule has 2 fully saturated rings. The minimum Gasteiger partial charge on any atom is -0.348 e. The van der Waals surface area contributed by atoms with Crippen LogP contribution in [0.1, 0.15) is 68.0 Å². The number of carbonyl (C=O) groups is 5. The molecule has 15 heteroatoms. The fourth-order valence-electron chi connectivity index (χ4n) is 5.96. The van der Waals surface area contributed by atoms with Crippen molar-refractivity contribution in [2.45, 2.75) is 50.9 Å². The van der Waals surface area contributed by atoms with Crippen LogP contribution in [0.5, 0.6) is 0 Å². The predicted molar refractivity (Wildman–Crippen MR) is 169 cm³/mol. The summed E-state index contributed by atoms with van der Waals surface area (Å²) in [4.78, 5) is 66.8. The molecule has 6 rings (SSSR count). The van der Waals surface area contributed by atoms with Crippen LogP contribution in [-0.2, 0) is 22.7 Å². The van der Waals surface area contributed by atoms with Crippen molar-refractivity contribution in [3.63, 3.8) is 0 Å². The molecule has 4 N–H and O–H groups in total. The number of piperidine rings is 2. The molecular weight excluding hydrogens is 689 g/mol. The molecular formula is C30H28BrCl2N7O5. The van der Waals surface area contributed by atoms with Crippen molar-refractivity contribution in [2.24, 2.45) is 0 Å². The number of likely N-dealkylation sites (tertiary alicyclic amines) is 1. The Bertz CT molecular complexity index is 1700. The summed E-state index contributed by atoms with van der Waals surface area (Å²) in [6.45, 7) is 2.40. The van der Waals surface area contributed by atoms with Crippen LogP contribution in [0.4, 0.5) is 5.69 Å². The fourth-order valence-corrected chi connectivity index (χ4v) is 7.13. The number of anilines is 1. The van der Waals surface area contributed by atoms with Gasteiger partial charge in [-0.1, -0.05) is 51.3 Å². The maximum atomic E-state index is 13.1. The quantitative estimate of drug-likeness (QED) is 0.271. The normalized spacial score (nSPS) is 19.0. The van der Waals surface area contributed by atoms with E-state index in [4.69, 9.17) is 23.2 Å². The van der Waals surface area contributed by atoms with E-state index in [0.717, 1.165) is 28.7 Å². The number of aromatic nitrogens is 2. The van der Waals surface area contributed by atoms with Crippen LogP contribution in [0.3, 0.4) is 0 Å². The number of nitrogens with zero attached hydrogens (tertiary/aromatic N) is 3. The van der Waals surface area contributed by atoms with Crippen molar-refractivity contribution in [1.29, 1.82) is 0 Å². The number of hydrogen-bond donors (Lipinski definition) is 4. The molecule has 45 heavy (non-hydrogen) atoms. The lowest BCUT2D eigenvalue weighted by Gasteiger charge is -2.32. The molecule has 3 aromatic rings. The first-order valence-electron chi connectivity index (χ1n) is 14.4. The Balaban J connectivity index is 1.03. The van der Waals surface area contributed by atoms with E-state index >= 15 is 0 Å². The van der Waals surface area contributed by atoms with Crippen LogP contribution in [-0.4, -0.2) is 74.7 Å². The third-order valence-corrected chi connectivity index (χ3v) is 9.97. The summed E-state index contributed by atoms with van der Waals surface area (Å²) in [5.41, 5.74) is 2.85. The number of hydrogen-bond acceptors (Lipinski definition) is 7. The highest BCUT2D eigenvalue weighted by atomic mass is 79.9. The topological polar surface area (TPSA) is 157 Å². The number of halogens is 3. The predicted octanol–water partition coefficient (Wildman–Crippen LogP) is 3.89. The molecule has 2 aromatic carbocycles. The maximum absolute atomic E-state index is 13.1. The number of nitrogens with one attached hydrogen (secondary N) is 4. The molecule has 1 aromatic heterocycles. The third kappa shape index (κ3) is 6.35. The van der Waals surface area contributed by atoms with Gasteiger partial charge in [0.15, 0.2) is 0 Å². The van der Waals surface area contributed by atoms with E-state index in [2.05, 4.69) is 47.0 Å². The first-order chi connectivity index (χ1) is 21.6. The molecule has 3 aliphatic heterocycles. The highest BCUT2D eigenvalue weighted by Gasteiger charge is 2.40. The van der Waals surface area contributed by atoms with Gasteiger partial charge in [0.05, 0.1) is 27.5 Å². The maximum Gasteiger partial charge on any atom is 0.271 e. The summed E-state index contributed by atoms with van der Waals surface area (Å²) in [6, 6.07) is 7.72. The average Bonchev–Trinajstić information content (AvgIpc) is 3.60. The Labute approximate surface area is 276 Å². The Kier molecular flexibility index (Phi) is 8.96. The van der Waals surface area contributed by atoms with Gasteiger partial charge in [0, 0.05) is 48.7 Å². The van der Waals surface area contributed by atoms with Crippen molar-refractivity contribution in [3.05, 3.63) is 79.0 Å². The summed E-state index contributed by atoms with van der Waals surface area (Å²) in [5, 5.41) is 15.0. The van der Waals surface area contributed by atoms with E-state index in [1.54, 1.807) is 24.3 Å². The lowest BCUT2D eigenvalue weighted by molar-refractivity contribution is -0.136. The minimum atomic E-state index is -0.665. The molecule has 4 heterocycles. The fraction of sp³-hybridized carbons (Fsp3) is 0.333. The van der Waals surface area contributed by atoms with E-state index in [-0.39, 0.29) is 51.3 Å². The SMILES string of the molecule is O=C1CCC(N2Cc3c(ccc(CN4CCC(NC(=O)c5[nH]ncc5NC(=O)c5c(Cl)cccc5Cl)CC4)c3Br)C2=O)C(=O)N1. The molecule has 0 radical (unpaired) electrons. The molecule has 1 atom stereocenters. The number of amides is 5. The number of carbonyl (C=O) groups excluding carboxylic acids is 5. The van der Waals surface area contributed by atoms with Gasteiger partial charge < -0.3 is 15.5 Å². The zero-order valence-corrected chi connectivity index (χ0v) is 26.9. The number of benzene rings is 2. The second-order valence-corrected chi connectivity index (χ2v) is 12.8. The first kappa shape index (κ1) is 31.2. The van der Waals surface area contributed by atoms with Gasteiger partial charge in [0.25, 0.3) is 17.7 Å². The lowest BCUT2D eigenvalue weighted by Crippen LogP contribution is -2.52. The highest BCUT2D eigenvalue weighted by molar-refractivity contribution is 9.10. The number of aromatic amines is 1. The van der Waals surface area contributed by atoms with Crippen LogP contribution in [0.25, 0.3) is 0 Å². The molecule has 2 saturated heterocycles. The van der Waals surface area contributed by atoms with Crippen LogP contribution in [0, 0.1) is 0 Å². The number of imide groups is 1. The molecule has 0 spiro atoms. The van der Waals surface area contributed by atoms with Crippen LogP contribution >= 0.6 is 39.1 Å². The van der Waals surface area contributed by atoms with Gasteiger partial charge in [-0.2, -0.15) is 5.10 Å². The third-order valence-electron chi connectivity index (χ3n) is 8.35. The minimum absolute atomic E-state index is 0.0817. The van der Waals surface area contributed by atoms with Crippen LogP contribution < -0.4 is 16.0 Å². The zero-order valence-electron chi connectivity index (χ0n) is 23.8. The van der Waals surface area contributed by atoms with Crippen molar-refractivity contribution in [1.82, 2.24) is 30.6 Å².